The summed E-state index contributed by atoms with van der Waals surface area (Å²) < 4.78 is 11.1. The van der Waals surface area contributed by atoms with Crippen molar-refractivity contribution in [3.05, 3.63) is 82.7 Å². The van der Waals surface area contributed by atoms with Gasteiger partial charge in [0.25, 0.3) is 5.91 Å². The first-order valence-corrected chi connectivity index (χ1v) is 10.6. The molecule has 0 spiro atoms. The van der Waals surface area contributed by atoms with Gasteiger partial charge in [-0.3, -0.25) is 4.79 Å². The Bertz CT molecular complexity index is 997. The van der Waals surface area contributed by atoms with Gasteiger partial charge in [0.15, 0.2) is 11.5 Å². The van der Waals surface area contributed by atoms with Crippen LogP contribution < -0.4 is 4.74 Å². The first-order chi connectivity index (χ1) is 14.6. The van der Waals surface area contributed by atoms with Gasteiger partial charge in [-0.05, 0) is 67.9 Å². The van der Waals surface area contributed by atoms with Crippen molar-refractivity contribution in [1.82, 2.24) is 10.1 Å². The number of hydrogen-bond acceptors (Lipinski definition) is 4. The molecular weight excluding hydrogens is 376 g/mol. The summed E-state index contributed by atoms with van der Waals surface area (Å²) in [7, 11) is 0. The summed E-state index contributed by atoms with van der Waals surface area (Å²) in [6, 6.07) is 18.2. The van der Waals surface area contributed by atoms with Crippen LogP contribution in [0, 0.1) is 13.8 Å². The predicted molar refractivity (Wildman–Crippen MR) is 116 cm³/mol. The second-order valence-electron chi connectivity index (χ2n) is 8.04. The fourth-order valence-electron chi connectivity index (χ4n) is 3.96. The molecule has 1 fully saturated rings. The van der Waals surface area contributed by atoms with Gasteiger partial charge in [0, 0.05) is 19.2 Å². The highest BCUT2D eigenvalue weighted by Gasteiger charge is 2.24. The minimum absolute atomic E-state index is 0.0649. The van der Waals surface area contributed by atoms with Crippen molar-refractivity contribution in [2.45, 2.75) is 45.6 Å². The number of nitrogens with zero attached hydrogens (tertiary/aromatic N) is 2. The van der Waals surface area contributed by atoms with E-state index in [1.165, 1.54) is 16.7 Å². The highest BCUT2D eigenvalue weighted by molar-refractivity contribution is 5.92. The number of aromatic nitrogens is 1. The Morgan fingerprint density at radius 1 is 1.07 bits per heavy atom. The lowest BCUT2D eigenvalue weighted by atomic mass is 9.92. The minimum atomic E-state index is -0.0649. The van der Waals surface area contributed by atoms with Gasteiger partial charge in [-0.15, -0.1) is 0 Å². The molecule has 1 saturated heterocycles. The van der Waals surface area contributed by atoms with Gasteiger partial charge in [0.1, 0.15) is 12.4 Å². The molecule has 1 amide bonds. The van der Waals surface area contributed by atoms with Gasteiger partial charge in [0.05, 0.1) is 0 Å². The van der Waals surface area contributed by atoms with Crippen molar-refractivity contribution in [1.29, 1.82) is 0 Å². The van der Waals surface area contributed by atoms with Crippen LogP contribution in [0.15, 0.2) is 59.1 Å². The van der Waals surface area contributed by atoms with E-state index in [-0.39, 0.29) is 12.5 Å². The Hall–Kier alpha value is -3.08. The van der Waals surface area contributed by atoms with E-state index >= 15 is 0 Å². The number of benzene rings is 2. The van der Waals surface area contributed by atoms with Crippen LogP contribution in [-0.4, -0.2) is 29.1 Å². The molecule has 0 saturated carbocycles. The molecule has 30 heavy (non-hydrogen) atoms. The van der Waals surface area contributed by atoms with Crippen LogP contribution in [-0.2, 0) is 6.61 Å². The van der Waals surface area contributed by atoms with Crippen LogP contribution in [0.25, 0.3) is 0 Å². The summed E-state index contributed by atoms with van der Waals surface area (Å²) in [4.78, 5) is 14.8. The third-order valence-electron chi connectivity index (χ3n) is 5.92. The van der Waals surface area contributed by atoms with E-state index in [0.717, 1.165) is 38.1 Å². The van der Waals surface area contributed by atoms with Crippen molar-refractivity contribution < 1.29 is 14.1 Å². The summed E-state index contributed by atoms with van der Waals surface area (Å²) >= 11 is 0. The van der Waals surface area contributed by atoms with E-state index in [2.05, 4.69) is 43.3 Å². The summed E-state index contributed by atoms with van der Waals surface area (Å²) in [6.07, 6.45) is 3.06. The molecule has 0 bridgehead atoms. The highest BCUT2D eigenvalue weighted by Crippen LogP contribution is 2.28. The predicted octanol–water partition coefficient (Wildman–Crippen LogP) is 5.28. The number of hydrogen-bond donors (Lipinski definition) is 0. The maximum atomic E-state index is 12.9. The highest BCUT2D eigenvalue weighted by atomic mass is 16.5. The largest absolute Gasteiger partial charge is 0.486 e. The zero-order valence-electron chi connectivity index (χ0n) is 17.6. The summed E-state index contributed by atoms with van der Waals surface area (Å²) in [5.41, 5.74) is 4.11. The molecular formula is C25H28N2O3. The van der Waals surface area contributed by atoms with Crippen LogP contribution in [0.5, 0.6) is 5.75 Å². The number of carbonyl (C=O) groups is 1. The average molecular weight is 405 g/mol. The van der Waals surface area contributed by atoms with E-state index in [0.29, 0.717) is 17.4 Å². The molecule has 5 nitrogen and oxygen atoms in total. The van der Waals surface area contributed by atoms with Crippen molar-refractivity contribution in [3.8, 4) is 5.75 Å². The molecule has 3 aromatic rings. The molecule has 0 N–H and O–H groups in total. The molecule has 1 aliphatic rings. The second-order valence-corrected chi connectivity index (χ2v) is 8.04. The summed E-state index contributed by atoms with van der Waals surface area (Å²) in [5.74, 6) is 1.77. The first kappa shape index (κ1) is 20.2. The third-order valence-corrected chi connectivity index (χ3v) is 5.92. The van der Waals surface area contributed by atoms with Gasteiger partial charge < -0.3 is 14.2 Å². The molecule has 5 heteroatoms. The Morgan fingerprint density at radius 2 is 1.90 bits per heavy atom. The van der Waals surface area contributed by atoms with Crippen LogP contribution in [0.2, 0.25) is 0 Å². The van der Waals surface area contributed by atoms with Crippen molar-refractivity contribution in [2.24, 2.45) is 0 Å². The molecule has 0 unspecified atom stereocenters. The fourth-order valence-corrected chi connectivity index (χ4v) is 3.96. The third kappa shape index (κ3) is 4.73. The molecule has 4 rings (SSSR count). The van der Waals surface area contributed by atoms with Crippen LogP contribution in [0.1, 0.15) is 58.1 Å². The maximum Gasteiger partial charge on any atom is 0.276 e. The summed E-state index contributed by atoms with van der Waals surface area (Å²) in [5, 5.41) is 4.00. The SMILES string of the molecule is Cc1ccc(OCc2cc(C(=O)N3CCC[C@@H](c4ccccc4)CC3)no2)cc1C. The molecule has 2 aromatic carbocycles. The first-order valence-electron chi connectivity index (χ1n) is 10.6. The standard InChI is InChI=1S/C25H28N2O3/c1-18-10-11-22(15-19(18)2)29-17-23-16-24(26-30-23)25(28)27-13-6-9-21(12-14-27)20-7-4-3-5-8-20/h3-5,7-8,10-11,15-16,21H,6,9,12-14,17H2,1-2H3/t21-/m1/s1. The van der Waals surface area contributed by atoms with E-state index in [4.69, 9.17) is 9.26 Å². The van der Waals surface area contributed by atoms with E-state index in [9.17, 15) is 4.79 Å². The lowest BCUT2D eigenvalue weighted by Crippen LogP contribution is -2.32. The normalized spacial score (nSPS) is 16.9. The fraction of sp³-hybridized carbons (Fsp3) is 0.360. The number of aryl methyl sites for hydroxylation is 2. The number of ether oxygens (including phenoxy) is 1. The van der Waals surface area contributed by atoms with Gasteiger partial charge in [-0.2, -0.15) is 0 Å². The molecule has 1 atom stereocenters. The molecule has 0 aliphatic carbocycles. The second kappa shape index (κ2) is 9.16. The Kier molecular flexibility index (Phi) is 6.17. The van der Waals surface area contributed by atoms with Crippen LogP contribution in [0.4, 0.5) is 0 Å². The molecule has 1 aromatic heterocycles. The molecule has 0 radical (unpaired) electrons. The van der Waals surface area contributed by atoms with Crippen LogP contribution >= 0.6 is 0 Å². The molecule has 2 heterocycles. The molecule has 1 aliphatic heterocycles. The van der Waals surface area contributed by atoms with E-state index in [1.807, 2.05) is 29.2 Å². The zero-order chi connectivity index (χ0) is 20.9. The molecule has 156 valence electrons. The number of likely N-dealkylation sites (tertiary alicyclic amines) is 1. The van der Waals surface area contributed by atoms with Gasteiger partial charge in [0.2, 0.25) is 0 Å². The topological polar surface area (TPSA) is 55.6 Å². The van der Waals surface area contributed by atoms with E-state index < -0.39 is 0 Å². The van der Waals surface area contributed by atoms with Gasteiger partial charge in [-0.1, -0.05) is 41.6 Å². The number of amides is 1. The maximum absolute atomic E-state index is 12.9. The Morgan fingerprint density at radius 3 is 2.70 bits per heavy atom. The van der Waals surface area contributed by atoms with Gasteiger partial charge in [-0.25, -0.2) is 0 Å². The van der Waals surface area contributed by atoms with Crippen molar-refractivity contribution >= 4 is 5.91 Å². The van der Waals surface area contributed by atoms with Crippen molar-refractivity contribution in [2.75, 3.05) is 13.1 Å². The zero-order valence-corrected chi connectivity index (χ0v) is 17.6. The minimum Gasteiger partial charge on any atom is -0.486 e. The quantitative estimate of drug-likeness (QED) is 0.580. The smallest absolute Gasteiger partial charge is 0.276 e. The van der Waals surface area contributed by atoms with Crippen LogP contribution in [0.3, 0.4) is 0 Å². The lowest BCUT2D eigenvalue weighted by molar-refractivity contribution is 0.0750. The Labute approximate surface area is 177 Å². The number of carbonyl (C=O) groups excluding carboxylic acids is 1. The average Bonchev–Trinajstić information content (AvgIpc) is 3.10. The lowest BCUT2D eigenvalue weighted by Gasteiger charge is -2.19. The van der Waals surface area contributed by atoms with Crippen molar-refractivity contribution in [3.63, 3.8) is 0 Å². The summed E-state index contributed by atoms with van der Waals surface area (Å²) in [6.45, 7) is 5.86. The monoisotopic (exact) mass is 404 g/mol. The Balaban J connectivity index is 1.35. The number of rotatable bonds is 5. The van der Waals surface area contributed by atoms with E-state index in [1.54, 1.807) is 6.07 Å². The van der Waals surface area contributed by atoms with Gasteiger partial charge >= 0.3 is 0 Å².